The number of hydrogen-bond acceptors (Lipinski definition) is 4. The molecular weight excluding hydrogens is 246 g/mol. The lowest BCUT2D eigenvalue weighted by Gasteiger charge is -2.23. The number of aliphatic hydroxyl groups excluding tert-OH is 1. The van der Waals surface area contributed by atoms with E-state index in [1.54, 1.807) is 0 Å². The minimum atomic E-state index is -0.449. The van der Waals surface area contributed by atoms with Crippen LogP contribution in [0, 0.1) is 0 Å². The van der Waals surface area contributed by atoms with Gasteiger partial charge in [-0.1, -0.05) is 12.1 Å². The van der Waals surface area contributed by atoms with E-state index in [4.69, 9.17) is 4.74 Å². The van der Waals surface area contributed by atoms with Crippen molar-refractivity contribution in [2.24, 2.45) is 0 Å². The van der Waals surface area contributed by atoms with Gasteiger partial charge in [0.2, 0.25) is 0 Å². The minimum Gasteiger partial charge on any atom is -0.490 e. The van der Waals surface area contributed by atoms with Crippen molar-refractivity contribution >= 4 is 11.8 Å². The van der Waals surface area contributed by atoms with E-state index in [2.05, 4.69) is 5.32 Å². The summed E-state index contributed by atoms with van der Waals surface area (Å²) in [6.07, 6.45) is 2.18. The molecule has 4 heteroatoms. The van der Waals surface area contributed by atoms with Gasteiger partial charge in [-0.3, -0.25) is 0 Å². The highest BCUT2D eigenvalue weighted by atomic mass is 32.2. The highest BCUT2D eigenvalue weighted by Crippen LogP contribution is 2.24. The monoisotopic (exact) mass is 267 g/mol. The minimum absolute atomic E-state index is 0.360. The van der Waals surface area contributed by atoms with Crippen LogP contribution in [0.5, 0.6) is 5.75 Å². The van der Waals surface area contributed by atoms with Gasteiger partial charge in [0.05, 0.1) is 6.10 Å². The summed E-state index contributed by atoms with van der Waals surface area (Å²) in [4.78, 5) is 0. The average molecular weight is 267 g/mol. The summed E-state index contributed by atoms with van der Waals surface area (Å²) in [7, 11) is 1.84. The number of ether oxygens (including phenoxy) is 1. The molecule has 18 heavy (non-hydrogen) atoms. The Hall–Kier alpha value is -0.710. The Morgan fingerprint density at radius 3 is 2.61 bits per heavy atom. The smallest absolute Gasteiger partial charge is 0.119 e. The third-order valence-corrected chi connectivity index (χ3v) is 4.18. The number of rotatable bonds is 5. The predicted molar refractivity (Wildman–Crippen MR) is 76.3 cm³/mol. The molecule has 1 atom stereocenters. The SMILES string of the molecule is CNCC(O)c1ccc(OC2CCSCC2)cc1. The molecule has 0 aliphatic carbocycles. The number of hydrogen-bond donors (Lipinski definition) is 2. The summed E-state index contributed by atoms with van der Waals surface area (Å²) in [5.41, 5.74) is 0.927. The van der Waals surface area contributed by atoms with Crippen molar-refractivity contribution in [1.29, 1.82) is 0 Å². The highest BCUT2D eigenvalue weighted by molar-refractivity contribution is 7.99. The van der Waals surface area contributed by atoms with Gasteiger partial charge < -0.3 is 15.2 Å². The third kappa shape index (κ3) is 3.90. The normalized spacial score (nSPS) is 18.6. The molecule has 1 unspecified atom stereocenters. The number of aliphatic hydroxyl groups is 1. The van der Waals surface area contributed by atoms with Crippen molar-refractivity contribution in [3.8, 4) is 5.75 Å². The van der Waals surface area contributed by atoms with Crippen LogP contribution in [-0.4, -0.2) is 36.3 Å². The summed E-state index contributed by atoms with van der Waals surface area (Å²) in [5.74, 6) is 3.31. The van der Waals surface area contributed by atoms with Crippen molar-refractivity contribution in [1.82, 2.24) is 5.32 Å². The molecule has 1 aromatic carbocycles. The van der Waals surface area contributed by atoms with E-state index in [9.17, 15) is 5.11 Å². The topological polar surface area (TPSA) is 41.5 Å². The van der Waals surface area contributed by atoms with E-state index < -0.39 is 6.10 Å². The van der Waals surface area contributed by atoms with Crippen LogP contribution in [0.2, 0.25) is 0 Å². The Bertz CT molecular complexity index is 349. The van der Waals surface area contributed by atoms with Gasteiger partial charge in [0.1, 0.15) is 11.9 Å². The van der Waals surface area contributed by atoms with Gasteiger partial charge in [0.25, 0.3) is 0 Å². The largest absolute Gasteiger partial charge is 0.490 e. The molecule has 2 rings (SSSR count). The van der Waals surface area contributed by atoms with Crippen molar-refractivity contribution in [3.05, 3.63) is 29.8 Å². The second-order valence-electron chi connectivity index (χ2n) is 4.57. The summed E-state index contributed by atoms with van der Waals surface area (Å²) in [6.45, 7) is 0.569. The van der Waals surface area contributed by atoms with Crippen LogP contribution < -0.4 is 10.1 Å². The lowest BCUT2D eigenvalue weighted by atomic mass is 10.1. The average Bonchev–Trinajstić information content (AvgIpc) is 2.41. The maximum Gasteiger partial charge on any atom is 0.119 e. The van der Waals surface area contributed by atoms with Gasteiger partial charge in [-0.05, 0) is 49.1 Å². The molecule has 1 heterocycles. The van der Waals surface area contributed by atoms with Gasteiger partial charge in [0, 0.05) is 6.54 Å². The molecule has 3 nitrogen and oxygen atoms in total. The van der Waals surface area contributed by atoms with E-state index in [0.717, 1.165) is 24.2 Å². The molecule has 1 aliphatic heterocycles. The fourth-order valence-electron chi connectivity index (χ4n) is 2.07. The molecule has 2 N–H and O–H groups in total. The van der Waals surface area contributed by atoms with Crippen LogP contribution >= 0.6 is 11.8 Å². The number of nitrogens with one attached hydrogen (secondary N) is 1. The number of thioether (sulfide) groups is 1. The maximum atomic E-state index is 9.83. The van der Waals surface area contributed by atoms with E-state index >= 15 is 0 Å². The van der Waals surface area contributed by atoms with Gasteiger partial charge >= 0.3 is 0 Å². The first kappa shape index (κ1) is 13.7. The van der Waals surface area contributed by atoms with Crippen molar-refractivity contribution in [2.45, 2.75) is 25.0 Å². The molecular formula is C14H21NO2S. The summed E-state index contributed by atoms with van der Waals surface area (Å²) < 4.78 is 5.94. The van der Waals surface area contributed by atoms with E-state index in [-0.39, 0.29) is 0 Å². The molecule has 1 fully saturated rings. The first-order valence-electron chi connectivity index (χ1n) is 6.46. The van der Waals surface area contributed by atoms with Crippen LogP contribution in [0.1, 0.15) is 24.5 Å². The quantitative estimate of drug-likeness (QED) is 0.858. The van der Waals surface area contributed by atoms with Crippen molar-refractivity contribution in [3.63, 3.8) is 0 Å². The second kappa shape index (κ2) is 7.02. The summed E-state index contributed by atoms with van der Waals surface area (Å²) in [5, 5.41) is 12.8. The highest BCUT2D eigenvalue weighted by Gasteiger charge is 2.15. The molecule has 1 aromatic rings. The first-order valence-corrected chi connectivity index (χ1v) is 7.62. The summed E-state index contributed by atoms with van der Waals surface area (Å²) >= 11 is 2.00. The first-order chi connectivity index (χ1) is 8.79. The molecule has 0 saturated carbocycles. The number of benzene rings is 1. The van der Waals surface area contributed by atoms with Crippen LogP contribution in [0.4, 0.5) is 0 Å². The predicted octanol–water partition coefficient (Wildman–Crippen LogP) is 2.21. The molecule has 0 radical (unpaired) electrons. The van der Waals surface area contributed by atoms with Gasteiger partial charge in [-0.15, -0.1) is 0 Å². The van der Waals surface area contributed by atoms with Crippen LogP contribution in [0.3, 0.4) is 0 Å². The van der Waals surface area contributed by atoms with E-state index in [1.165, 1.54) is 11.5 Å². The van der Waals surface area contributed by atoms with E-state index in [1.807, 2.05) is 43.1 Å². The standard InChI is InChI=1S/C14H21NO2S/c1-15-10-14(16)11-2-4-12(5-3-11)17-13-6-8-18-9-7-13/h2-5,13-16H,6-10H2,1H3. The third-order valence-electron chi connectivity index (χ3n) is 3.13. The fourth-order valence-corrected chi connectivity index (χ4v) is 3.13. The second-order valence-corrected chi connectivity index (χ2v) is 5.80. The zero-order valence-corrected chi connectivity index (χ0v) is 11.6. The van der Waals surface area contributed by atoms with Crippen LogP contribution in [0.15, 0.2) is 24.3 Å². The van der Waals surface area contributed by atoms with Gasteiger partial charge in [-0.2, -0.15) is 11.8 Å². The number of likely N-dealkylation sites (N-methyl/N-ethyl adjacent to an activating group) is 1. The Balaban J connectivity index is 1.90. The molecule has 0 spiro atoms. The molecule has 0 amide bonds. The van der Waals surface area contributed by atoms with Crippen molar-refractivity contribution in [2.75, 3.05) is 25.1 Å². The lowest BCUT2D eigenvalue weighted by molar-refractivity contribution is 0.176. The van der Waals surface area contributed by atoms with Gasteiger partial charge in [0.15, 0.2) is 0 Å². The Kier molecular flexibility index (Phi) is 5.35. The lowest BCUT2D eigenvalue weighted by Crippen LogP contribution is -2.22. The molecule has 1 saturated heterocycles. The Morgan fingerprint density at radius 2 is 2.00 bits per heavy atom. The molecule has 0 bridgehead atoms. The fraction of sp³-hybridized carbons (Fsp3) is 0.571. The summed E-state index contributed by atoms with van der Waals surface area (Å²) in [6, 6.07) is 7.79. The molecule has 0 aromatic heterocycles. The Labute approximate surface area is 113 Å². The zero-order valence-electron chi connectivity index (χ0n) is 10.8. The zero-order chi connectivity index (χ0) is 12.8. The van der Waals surface area contributed by atoms with Gasteiger partial charge in [-0.25, -0.2) is 0 Å². The van der Waals surface area contributed by atoms with Crippen LogP contribution in [0.25, 0.3) is 0 Å². The Morgan fingerprint density at radius 1 is 1.33 bits per heavy atom. The molecule has 1 aliphatic rings. The maximum absolute atomic E-state index is 9.83. The van der Waals surface area contributed by atoms with Crippen LogP contribution in [-0.2, 0) is 0 Å². The molecule has 100 valence electrons. The van der Waals surface area contributed by atoms with E-state index in [0.29, 0.717) is 12.6 Å². The van der Waals surface area contributed by atoms with Crippen molar-refractivity contribution < 1.29 is 9.84 Å².